The van der Waals surface area contributed by atoms with E-state index >= 15 is 0 Å². The molecule has 0 atom stereocenters. The Balaban J connectivity index is 1.30. The number of esters is 1. The molecule has 166 valence electrons. The van der Waals surface area contributed by atoms with Crippen molar-refractivity contribution in [2.45, 2.75) is 30.6 Å². The minimum absolute atomic E-state index is 0.171. The monoisotopic (exact) mass is 482 g/mol. The van der Waals surface area contributed by atoms with Crippen LogP contribution in [0.4, 0.5) is 0 Å². The summed E-state index contributed by atoms with van der Waals surface area (Å²) in [7, 11) is -3.64. The number of thiophene rings is 1. The van der Waals surface area contributed by atoms with Crippen molar-refractivity contribution >= 4 is 44.8 Å². The van der Waals surface area contributed by atoms with Crippen molar-refractivity contribution in [2.75, 3.05) is 32.8 Å². The van der Waals surface area contributed by atoms with Gasteiger partial charge in [-0.15, -0.1) is 11.3 Å². The molecule has 0 saturated carbocycles. The minimum atomic E-state index is -3.64. The Morgan fingerprint density at radius 3 is 2.42 bits per heavy atom. The average Bonchev–Trinajstić information content (AvgIpc) is 3.22. The summed E-state index contributed by atoms with van der Waals surface area (Å²) in [5, 5.41) is 2.29. The van der Waals surface area contributed by atoms with Gasteiger partial charge in [0.05, 0.1) is 10.5 Å². The lowest BCUT2D eigenvalue weighted by Crippen LogP contribution is -2.51. The second kappa shape index (κ2) is 9.28. The zero-order valence-electron chi connectivity index (χ0n) is 16.9. The molecule has 1 fully saturated rings. The second-order valence-electron chi connectivity index (χ2n) is 7.57. The number of aryl methyl sites for hydroxylation is 1. The highest BCUT2D eigenvalue weighted by molar-refractivity contribution is 7.89. The fourth-order valence-electron chi connectivity index (χ4n) is 3.89. The minimum Gasteiger partial charge on any atom is -0.452 e. The van der Waals surface area contributed by atoms with E-state index in [0.717, 1.165) is 31.2 Å². The first kappa shape index (κ1) is 22.3. The molecule has 0 unspecified atom stereocenters. The quantitative estimate of drug-likeness (QED) is 0.612. The molecule has 1 aliphatic carbocycles. The van der Waals surface area contributed by atoms with Crippen LogP contribution in [0.15, 0.2) is 34.5 Å². The topological polar surface area (TPSA) is 84.0 Å². The maximum Gasteiger partial charge on any atom is 0.339 e. The second-order valence-corrected chi connectivity index (χ2v) is 10.9. The zero-order chi connectivity index (χ0) is 22.0. The molecule has 0 spiro atoms. The largest absolute Gasteiger partial charge is 0.452 e. The first-order chi connectivity index (χ1) is 14.9. The van der Waals surface area contributed by atoms with Gasteiger partial charge < -0.3 is 9.64 Å². The van der Waals surface area contributed by atoms with Crippen molar-refractivity contribution < 1.29 is 22.7 Å². The van der Waals surface area contributed by atoms with Crippen LogP contribution in [0.1, 0.15) is 33.6 Å². The molecule has 1 aromatic heterocycles. The molecule has 0 N–H and O–H groups in total. The summed E-state index contributed by atoms with van der Waals surface area (Å²) in [6.07, 6.45) is 4.07. The number of carbonyl (C=O) groups is 2. The third-order valence-corrected chi connectivity index (χ3v) is 8.90. The molecule has 7 nitrogen and oxygen atoms in total. The number of hydrogen-bond acceptors (Lipinski definition) is 6. The smallest absolute Gasteiger partial charge is 0.339 e. The lowest BCUT2D eigenvalue weighted by atomic mass is 9.96. The number of sulfonamides is 1. The summed E-state index contributed by atoms with van der Waals surface area (Å²) in [5.74, 6) is -0.780. The number of carbonyl (C=O) groups excluding carboxylic acids is 2. The third-order valence-electron chi connectivity index (χ3n) is 5.65. The summed E-state index contributed by atoms with van der Waals surface area (Å²) in [4.78, 5) is 27.9. The van der Waals surface area contributed by atoms with Crippen LogP contribution in [0.2, 0.25) is 5.02 Å². The lowest BCUT2D eigenvalue weighted by Gasteiger charge is -2.33. The first-order valence-electron chi connectivity index (χ1n) is 10.2. The fraction of sp³-hybridized carbons (Fsp3) is 0.429. The Kier molecular flexibility index (Phi) is 6.66. The number of benzene rings is 1. The Hall–Kier alpha value is -1.94. The van der Waals surface area contributed by atoms with E-state index in [9.17, 15) is 18.0 Å². The maximum absolute atomic E-state index is 12.7. The van der Waals surface area contributed by atoms with Crippen LogP contribution in [-0.2, 0) is 32.4 Å². The molecule has 0 bridgehead atoms. The van der Waals surface area contributed by atoms with Gasteiger partial charge in [0.1, 0.15) is 0 Å². The van der Waals surface area contributed by atoms with Crippen LogP contribution in [-0.4, -0.2) is 62.3 Å². The van der Waals surface area contributed by atoms with E-state index in [1.807, 2.05) is 5.38 Å². The number of rotatable bonds is 5. The molecule has 0 radical (unpaired) electrons. The molecule has 1 aliphatic heterocycles. The maximum atomic E-state index is 12.7. The van der Waals surface area contributed by atoms with Gasteiger partial charge >= 0.3 is 5.97 Å². The number of ether oxygens (including phenoxy) is 1. The average molecular weight is 483 g/mol. The van der Waals surface area contributed by atoms with Crippen LogP contribution in [0, 0.1) is 0 Å². The van der Waals surface area contributed by atoms with Crippen LogP contribution < -0.4 is 0 Å². The van der Waals surface area contributed by atoms with E-state index in [1.54, 1.807) is 11.3 Å². The van der Waals surface area contributed by atoms with Crippen LogP contribution in [0.5, 0.6) is 0 Å². The molecule has 1 amide bonds. The van der Waals surface area contributed by atoms with Gasteiger partial charge in [0.15, 0.2) is 6.61 Å². The van der Waals surface area contributed by atoms with Gasteiger partial charge in [-0.05, 0) is 55.5 Å². The molecule has 4 rings (SSSR count). The Labute approximate surface area is 190 Å². The number of hydrogen-bond donors (Lipinski definition) is 0. The van der Waals surface area contributed by atoms with Crippen molar-refractivity contribution in [2.24, 2.45) is 0 Å². The molecular weight excluding hydrogens is 460 g/mol. The number of nitrogens with zero attached hydrogens (tertiary/aromatic N) is 2. The molecule has 2 heterocycles. The normalized spacial score (nSPS) is 17.3. The molecule has 31 heavy (non-hydrogen) atoms. The predicted molar refractivity (Wildman–Crippen MR) is 118 cm³/mol. The highest BCUT2D eigenvalue weighted by Crippen LogP contribution is 2.30. The van der Waals surface area contributed by atoms with Crippen LogP contribution >= 0.6 is 22.9 Å². The first-order valence-corrected chi connectivity index (χ1v) is 12.9. The molecular formula is C21H23ClN2O5S2. The highest BCUT2D eigenvalue weighted by atomic mass is 35.5. The van der Waals surface area contributed by atoms with Gasteiger partial charge in [-0.3, -0.25) is 4.79 Å². The molecule has 2 aromatic rings. The number of piperazine rings is 1. The van der Waals surface area contributed by atoms with Gasteiger partial charge in [0.2, 0.25) is 10.0 Å². The zero-order valence-corrected chi connectivity index (χ0v) is 19.3. The van der Waals surface area contributed by atoms with E-state index in [4.69, 9.17) is 16.3 Å². The molecule has 10 heteroatoms. The Morgan fingerprint density at radius 1 is 1.03 bits per heavy atom. The van der Waals surface area contributed by atoms with Gasteiger partial charge in [-0.2, -0.15) is 4.31 Å². The number of fused-ring (bicyclic) bond motifs is 1. The molecule has 1 aromatic carbocycles. The predicted octanol–water partition coefficient (Wildman–Crippen LogP) is 2.97. The van der Waals surface area contributed by atoms with E-state index in [0.29, 0.717) is 10.6 Å². The van der Waals surface area contributed by atoms with E-state index in [1.165, 1.54) is 38.3 Å². The van der Waals surface area contributed by atoms with Gasteiger partial charge in [-0.1, -0.05) is 11.6 Å². The van der Waals surface area contributed by atoms with Crippen molar-refractivity contribution in [1.29, 1.82) is 0 Å². The van der Waals surface area contributed by atoms with Gasteiger partial charge in [0.25, 0.3) is 5.91 Å². The van der Waals surface area contributed by atoms with Crippen LogP contribution in [0.25, 0.3) is 0 Å². The molecule has 1 saturated heterocycles. The summed E-state index contributed by atoms with van der Waals surface area (Å²) in [5.41, 5.74) is 1.64. The number of amides is 1. The van der Waals surface area contributed by atoms with Crippen molar-refractivity contribution in [3.8, 4) is 0 Å². The Bertz CT molecular complexity index is 1070. The summed E-state index contributed by atoms with van der Waals surface area (Å²) in [6, 6.07) is 6.01. The van der Waals surface area contributed by atoms with Gasteiger partial charge in [0, 0.05) is 41.5 Å². The highest BCUT2D eigenvalue weighted by Gasteiger charge is 2.30. The molecule has 2 aliphatic rings. The van der Waals surface area contributed by atoms with Crippen molar-refractivity contribution in [3.63, 3.8) is 0 Å². The van der Waals surface area contributed by atoms with Crippen LogP contribution in [0.3, 0.4) is 0 Å². The van der Waals surface area contributed by atoms with Gasteiger partial charge in [-0.25, -0.2) is 13.2 Å². The fourth-order valence-corrected chi connectivity index (χ4v) is 6.56. The van der Waals surface area contributed by atoms with Crippen molar-refractivity contribution in [1.82, 2.24) is 9.21 Å². The summed E-state index contributed by atoms with van der Waals surface area (Å²) in [6.45, 7) is 0.521. The number of halogens is 1. The van der Waals surface area contributed by atoms with E-state index in [2.05, 4.69) is 0 Å². The summed E-state index contributed by atoms with van der Waals surface area (Å²) >= 11 is 7.41. The SMILES string of the molecule is O=C(OCC(=O)N1CCN(S(=O)(=O)c2ccc(Cl)cc2)CC1)c1csc2c1CCCC2. The van der Waals surface area contributed by atoms with E-state index < -0.39 is 16.0 Å². The van der Waals surface area contributed by atoms with Crippen molar-refractivity contribution in [3.05, 3.63) is 50.7 Å². The standard InChI is InChI=1S/C21H23ClN2O5S2/c22-15-5-7-16(8-6-15)31(27,28)24-11-9-23(10-12-24)20(25)13-29-21(26)18-14-30-19-4-2-1-3-17(18)19/h5-8,14H,1-4,9-13H2. The lowest BCUT2D eigenvalue weighted by molar-refractivity contribution is -0.135. The third kappa shape index (κ3) is 4.79. The summed E-state index contributed by atoms with van der Waals surface area (Å²) < 4.78 is 32.1. The Morgan fingerprint density at radius 2 is 1.71 bits per heavy atom. The van der Waals surface area contributed by atoms with E-state index in [-0.39, 0.29) is 43.6 Å².